The van der Waals surface area contributed by atoms with Gasteiger partial charge in [0.1, 0.15) is 5.75 Å². The molecule has 6 nitrogen and oxygen atoms in total. The van der Waals surface area contributed by atoms with E-state index in [-0.39, 0.29) is 11.2 Å². The minimum Gasteiger partial charge on any atom is -0.494 e. The average molecular weight is 302 g/mol. The summed E-state index contributed by atoms with van der Waals surface area (Å²) in [6.45, 7) is 2.58. The van der Waals surface area contributed by atoms with Gasteiger partial charge in [-0.3, -0.25) is 14.9 Å². The second kappa shape index (κ2) is 7.40. The lowest BCUT2D eigenvalue weighted by Gasteiger charge is -2.08. The molecule has 6 heteroatoms. The van der Waals surface area contributed by atoms with E-state index in [1.807, 2.05) is 30.3 Å². The first kappa shape index (κ1) is 15.8. The molecule has 1 heterocycles. The Kier molecular flexibility index (Phi) is 5.30. The number of pyridine rings is 1. The number of hydrogen-bond acceptors (Lipinski definition) is 4. The largest absolute Gasteiger partial charge is 0.494 e. The number of ether oxygens (including phenoxy) is 1. The Balaban J connectivity index is 1.86. The maximum Gasteiger partial charge on any atom is 0.286 e. The van der Waals surface area contributed by atoms with E-state index >= 15 is 0 Å². The fourth-order valence-corrected chi connectivity index (χ4v) is 2.12. The molecule has 0 amide bonds. The number of aromatic nitrogens is 1. The van der Waals surface area contributed by atoms with Crippen LogP contribution in [0.5, 0.6) is 5.75 Å². The minimum absolute atomic E-state index is 0.0577. The van der Waals surface area contributed by atoms with Gasteiger partial charge < -0.3 is 9.30 Å². The highest BCUT2D eigenvalue weighted by Crippen LogP contribution is 2.11. The maximum atomic E-state index is 11.9. The van der Waals surface area contributed by atoms with Crippen molar-refractivity contribution in [2.24, 2.45) is 0 Å². The second-order valence-corrected chi connectivity index (χ2v) is 5.01. The van der Waals surface area contributed by atoms with Crippen molar-refractivity contribution >= 4 is 5.69 Å². The lowest BCUT2D eigenvalue weighted by Crippen LogP contribution is -2.22. The number of nitro groups is 1. The number of rotatable bonds is 7. The lowest BCUT2D eigenvalue weighted by atomic mass is 10.2. The minimum atomic E-state index is -0.485. The molecule has 0 bridgehead atoms. The zero-order valence-corrected chi connectivity index (χ0v) is 12.4. The number of hydrogen-bond donors (Lipinski definition) is 0. The Morgan fingerprint density at radius 2 is 1.95 bits per heavy atom. The smallest absolute Gasteiger partial charge is 0.286 e. The summed E-state index contributed by atoms with van der Waals surface area (Å²) in [4.78, 5) is 22.3. The van der Waals surface area contributed by atoms with Crippen molar-refractivity contribution in [1.82, 2.24) is 4.57 Å². The standard InChI is InChI=1S/C16H18N2O4/c1-13-11-14(18(20)21)12-17(16(13)19)9-5-6-10-22-15-7-3-2-4-8-15/h2-4,7-8,11-12H,5-6,9-10H2,1H3. The van der Waals surface area contributed by atoms with Gasteiger partial charge in [-0.05, 0) is 31.9 Å². The first-order chi connectivity index (χ1) is 10.6. The van der Waals surface area contributed by atoms with Crippen LogP contribution in [0, 0.1) is 17.0 Å². The van der Waals surface area contributed by atoms with E-state index in [9.17, 15) is 14.9 Å². The molecule has 22 heavy (non-hydrogen) atoms. The van der Waals surface area contributed by atoms with E-state index in [2.05, 4.69) is 0 Å². The van der Waals surface area contributed by atoms with Crippen LogP contribution in [-0.2, 0) is 6.54 Å². The SMILES string of the molecule is Cc1cc([N+](=O)[O-])cn(CCCCOc2ccccc2)c1=O. The van der Waals surface area contributed by atoms with Crippen molar-refractivity contribution in [2.45, 2.75) is 26.3 Å². The average Bonchev–Trinajstić information content (AvgIpc) is 2.51. The first-order valence-corrected chi connectivity index (χ1v) is 7.11. The fourth-order valence-electron chi connectivity index (χ4n) is 2.12. The summed E-state index contributed by atoms with van der Waals surface area (Å²) in [7, 11) is 0. The third-order valence-corrected chi connectivity index (χ3v) is 3.27. The van der Waals surface area contributed by atoms with Gasteiger partial charge in [0.25, 0.3) is 11.2 Å². The van der Waals surface area contributed by atoms with Crippen molar-refractivity contribution in [2.75, 3.05) is 6.61 Å². The van der Waals surface area contributed by atoms with Crippen LogP contribution >= 0.6 is 0 Å². The summed E-state index contributed by atoms with van der Waals surface area (Å²) in [6, 6.07) is 10.8. The van der Waals surface area contributed by atoms with Crippen molar-refractivity contribution in [3.8, 4) is 5.75 Å². The summed E-state index contributed by atoms with van der Waals surface area (Å²) in [5.41, 5.74) is 0.141. The molecule has 0 radical (unpaired) electrons. The van der Waals surface area contributed by atoms with Gasteiger partial charge in [0.2, 0.25) is 0 Å². The van der Waals surface area contributed by atoms with E-state index in [1.165, 1.54) is 16.8 Å². The van der Waals surface area contributed by atoms with Crippen LogP contribution < -0.4 is 10.3 Å². The van der Waals surface area contributed by atoms with E-state index in [4.69, 9.17) is 4.74 Å². The van der Waals surface area contributed by atoms with Crippen LogP contribution in [-0.4, -0.2) is 16.1 Å². The number of benzene rings is 1. The zero-order chi connectivity index (χ0) is 15.9. The lowest BCUT2D eigenvalue weighted by molar-refractivity contribution is -0.385. The van der Waals surface area contributed by atoms with Crippen molar-refractivity contribution in [1.29, 1.82) is 0 Å². The Morgan fingerprint density at radius 3 is 2.64 bits per heavy atom. The van der Waals surface area contributed by atoms with Crippen molar-refractivity contribution in [3.05, 3.63) is 68.6 Å². The highest BCUT2D eigenvalue weighted by molar-refractivity contribution is 5.30. The van der Waals surface area contributed by atoms with Crippen LogP contribution in [0.15, 0.2) is 47.4 Å². The second-order valence-electron chi connectivity index (χ2n) is 5.01. The molecule has 2 rings (SSSR count). The highest BCUT2D eigenvalue weighted by atomic mass is 16.6. The quantitative estimate of drug-likeness (QED) is 0.448. The topological polar surface area (TPSA) is 74.4 Å². The van der Waals surface area contributed by atoms with E-state index in [0.717, 1.165) is 12.2 Å². The van der Waals surface area contributed by atoms with Crippen LogP contribution in [0.1, 0.15) is 18.4 Å². The molecule has 0 unspecified atom stereocenters. The van der Waals surface area contributed by atoms with Gasteiger partial charge in [-0.1, -0.05) is 18.2 Å². The predicted octanol–water partition coefficient (Wildman–Crippen LogP) is 2.92. The molecule has 1 aromatic heterocycles. The summed E-state index contributed by atoms with van der Waals surface area (Å²) < 4.78 is 6.96. The van der Waals surface area contributed by atoms with Gasteiger partial charge in [0.05, 0.1) is 17.7 Å². The molecule has 0 saturated carbocycles. The third kappa shape index (κ3) is 4.18. The molecule has 0 atom stereocenters. The zero-order valence-electron chi connectivity index (χ0n) is 12.4. The fraction of sp³-hybridized carbons (Fsp3) is 0.312. The number of nitrogens with zero attached hydrogens (tertiary/aromatic N) is 2. The molecule has 0 saturated heterocycles. The van der Waals surface area contributed by atoms with Crippen LogP contribution in [0.3, 0.4) is 0 Å². The Morgan fingerprint density at radius 1 is 1.23 bits per heavy atom. The number of aryl methyl sites for hydroxylation is 2. The van der Waals surface area contributed by atoms with Crippen molar-refractivity contribution < 1.29 is 9.66 Å². The third-order valence-electron chi connectivity index (χ3n) is 3.27. The molecule has 2 aromatic rings. The van der Waals surface area contributed by atoms with Crippen LogP contribution in [0.4, 0.5) is 5.69 Å². The highest BCUT2D eigenvalue weighted by Gasteiger charge is 2.10. The van der Waals surface area contributed by atoms with Crippen LogP contribution in [0.2, 0.25) is 0 Å². The Hall–Kier alpha value is -2.63. The normalized spacial score (nSPS) is 10.4. The van der Waals surface area contributed by atoms with Crippen LogP contribution in [0.25, 0.3) is 0 Å². The number of unbranched alkanes of at least 4 members (excludes halogenated alkanes) is 1. The van der Waals surface area contributed by atoms with Gasteiger partial charge in [0, 0.05) is 18.2 Å². The van der Waals surface area contributed by atoms with Gasteiger partial charge in [-0.2, -0.15) is 0 Å². The van der Waals surface area contributed by atoms with Gasteiger partial charge >= 0.3 is 0 Å². The maximum absolute atomic E-state index is 11.9. The molecule has 0 N–H and O–H groups in total. The number of para-hydroxylation sites is 1. The molecule has 0 fully saturated rings. The van der Waals surface area contributed by atoms with E-state index < -0.39 is 4.92 Å². The van der Waals surface area contributed by atoms with Crippen molar-refractivity contribution in [3.63, 3.8) is 0 Å². The Bertz CT molecular complexity index is 695. The summed E-state index contributed by atoms with van der Waals surface area (Å²) in [5, 5.41) is 10.8. The summed E-state index contributed by atoms with van der Waals surface area (Å²) >= 11 is 0. The first-order valence-electron chi connectivity index (χ1n) is 7.11. The Labute approximate surface area is 128 Å². The molecule has 0 aliphatic heterocycles. The van der Waals surface area contributed by atoms with Gasteiger partial charge in [0.15, 0.2) is 0 Å². The molecular weight excluding hydrogens is 284 g/mol. The van der Waals surface area contributed by atoms with Gasteiger partial charge in [-0.15, -0.1) is 0 Å². The monoisotopic (exact) mass is 302 g/mol. The van der Waals surface area contributed by atoms with Gasteiger partial charge in [-0.25, -0.2) is 0 Å². The predicted molar refractivity (Wildman–Crippen MR) is 83.3 cm³/mol. The molecule has 1 aromatic carbocycles. The molecule has 0 aliphatic rings. The summed E-state index contributed by atoms with van der Waals surface area (Å²) in [6.07, 6.45) is 2.78. The summed E-state index contributed by atoms with van der Waals surface area (Å²) in [5.74, 6) is 0.811. The van der Waals surface area contributed by atoms with E-state index in [1.54, 1.807) is 6.92 Å². The molecule has 0 aliphatic carbocycles. The van der Waals surface area contributed by atoms with E-state index in [0.29, 0.717) is 25.1 Å². The molecule has 116 valence electrons. The molecular formula is C16H18N2O4. The molecule has 0 spiro atoms.